The molecular formula is C57H92N6O13S. The van der Waals surface area contributed by atoms with Crippen molar-refractivity contribution in [2.24, 2.45) is 17.8 Å². The van der Waals surface area contributed by atoms with Gasteiger partial charge in [0.1, 0.15) is 46.1 Å². The first-order chi connectivity index (χ1) is 36.2. The first kappa shape index (κ1) is 62.7. The highest BCUT2D eigenvalue weighted by molar-refractivity contribution is 7.71. The van der Waals surface area contributed by atoms with Crippen molar-refractivity contribution in [3.8, 4) is 17.0 Å². The maximum absolute atomic E-state index is 14.5. The number of nitrogens with zero attached hydrogens (tertiary/aromatic N) is 6. The van der Waals surface area contributed by atoms with Gasteiger partial charge in [-0.3, -0.25) is 14.4 Å². The number of hydrogen-bond donors (Lipinski definition) is 6. The van der Waals surface area contributed by atoms with Crippen molar-refractivity contribution < 1.29 is 63.9 Å². The predicted octanol–water partition coefficient (Wildman–Crippen LogP) is 6.23. The van der Waals surface area contributed by atoms with Crippen LogP contribution in [0.5, 0.6) is 5.75 Å². The van der Waals surface area contributed by atoms with Crippen molar-refractivity contribution in [2.45, 2.75) is 231 Å². The van der Waals surface area contributed by atoms with Gasteiger partial charge in [-0.15, -0.1) is 5.10 Å². The van der Waals surface area contributed by atoms with Gasteiger partial charge in [0.25, 0.3) is 0 Å². The molecule has 0 bridgehead atoms. The van der Waals surface area contributed by atoms with Crippen LogP contribution in [0, 0.1) is 22.4 Å². The molecule has 3 aromatic rings. The Bertz CT molecular complexity index is 2390. The van der Waals surface area contributed by atoms with Crippen molar-refractivity contribution in [3.05, 3.63) is 59.0 Å². The summed E-state index contributed by atoms with van der Waals surface area (Å²) in [6, 6.07) is 10.5. The molecule has 20 heteroatoms. The quantitative estimate of drug-likeness (QED) is 0.0500. The van der Waals surface area contributed by atoms with E-state index in [-0.39, 0.29) is 37.0 Å². The van der Waals surface area contributed by atoms with Crippen LogP contribution in [-0.4, -0.2) is 184 Å². The number of aliphatic hydroxyl groups excluding tert-OH is 3. The molecule has 77 heavy (non-hydrogen) atoms. The fraction of sp³-hybridized carbons (Fsp3) is 0.754. The maximum Gasteiger partial charge on any atom is 0.311 e. The Hall–Kier alpha value is -3.48. The number of carbonyl (C=O) groups excluding carboxylic acids is 1. The number of pyridine rings is 1. The number of likely N-dealkylation sites (N-methyl/N-ethyl adjacent to an activating group) is 2. The maximum atomic E-state index is 14.5. The molecule has 19 nitrogen and oxygen atoms in total. The molecule has 3 saturated heterocycles. The molecule has 2 aromatic heterocycles. The van der Waals surface area contributed by atoms with E-state index in [2.05, 4.69) is 15.2 Å². The molecule has 5 heterocycles. The standard InChI is InChI=1S/C57H92N6O13S/c1-14-45-57(10,70)49(66)38(6)60(11)31-34(2)29-55(8,69)51(36(4)48(37(5)53(68)74-45)75-46-30-56(9,71-13)50(67)39(7)73-46)76-54-47(65)43(28-35(3)72-54)61(12)32-40-21-23-41(24-22-40)42-33-63(59-58-42)27-18-16-15-17-25-62-26-19-20-44(64)52(62)77/h19-24,26,33-39,43,45-51,54,64-67,69-70H,14-18,25,27-32H2,1-13H3/t34-,35-,36+,37-,38-,39+,43+,45-,46+,47-,48+,49-,50+,51-,54+,55-,56-,57-/m1/s1. The van der Waals surface area contributed by atoms with Gasteiger partial charge >= 0.3 is 5.97 Å². The Morgan fingerprint density at radius 2 is 1.58 bits per heavy atom. The van der Waals surface area contributed by atoms with Crippen LogP contribution in [0.2, 0.25) is 0 Å². The largest absolute Gasteiger partial charge is 0.505 e. The van der Waals surface area contributed by atoms with E-state index < -0.39 is 102 Å². The van der Waals surface area contributed by atoms with Gasteiger partial charge in [0, 0.05) is 69.5 Å². The van der Waals surface area contributed by atoms with Gasteiger partial charge in [0.2, 0.25) is 0 Å². The van der Waals surface area contributed by atoms with Gasteiger partial charge in [0.05, 0.1) is 47.7 Å². The highest BCUT2D eigenvalue weighted by Crippen LogP contribution is 2.40. The normalized spacial score (nSPS) is 37.3. The Labute approximate surface area is 461 Å². The molecule has 3 aliphatic rings. The SMILES string of the molecule is CC[C@H]1OC(=O)[C@H](C)[C@@H](O[C@H]2C[C@@](C)(OC)[C@@H](O)[C@H](C)O2)[C@H](C)[C@@H](O[C@@H]2O[C@H](C)C[C@H](N(C)Cc3ccc(-c4cn(CCCCCCn5cccc(O)c5=S)nn4)cc3)[C@H]2O)[C@](C)(O)C[C@@H](C)CN(C)[C@H](C)[C@@H](O)[C@]1(C)O. The smallest absolute Gasteiger partial charge is 0.311 e. The van der Waals surface area contributed by atoms with E-state index in [1.54, 1.807) is 53.7 Å². The van der Waals surface area contributed by atoms with Crippen LogP contribution in [0.3, 0.4) is 0 Å². The molecule has 0 aliphatic carbocycles. The molecule has 0 saturated carbocycles. The number of aromatic nitrogens is 4. The molecule has 0 unspecified atom stereocenters. The zero-order valence-corrected chi connectivity index (χ0v) is 48.7. The number of benzene rings is 1. The molecule has 1 aromatic carbocycles. The van der Waals surface area contributed by atoms with Crippen molar-refractivity contribution in [1.29, 1.82) is 0 Å². The van der Waals surface area contributed by atoms with Crippen LogP contribution in [-0.2, 0) is 52.8 Å². The summed E-state index contributed by atoms with van der Waals surface area (Å²) < 4.78 is 42.7. The van der Waals surface area contributed by atoms with Crippen LogP contribution in [0.15, 0.2) is 48.8 Å². The molecule has 18 atom stereocenters. The fourth-order valence-electron chi connectivity index (χ4n) is 12.0. The van der Waals surface area contributed by atoms with Gasteiger partial charge in [-0.25, -0.2) is 0 Å². The number of aromatic hydroxyl groups is 1. The van der Waals surface area contributed by atoms with E-state index in [0.29, 0.717) is 24.2 Å². The molecule has 3 aliphatic heterocycles. The minimum absolute atomic E-state index is 0.102. The number of hydrogen-bond acceptors (Lipinski definition) is 18. The number of methoxy groups -OCH3 is 1. The van der Waals surface area contributed by atoms with Crippen LogP contribution in [0.1, 0.15) is 126 Å². The Kier molecular flexibility index (Phi) is 21.9. The van der Waals surface area contributed by atoms with Gasteiger partial charge < -0.3 is 68.5 Å². The summed E-state index contributed by atoms with van der Waals surface area (Å²) in [7, 11) is 5.31. The van der Waals surface area contributed by atoms with Crippen molar-refractivity contribution in [2.75, 3.05) is 27.7 Å². The number of carbonyl (C=O) groups is 1. The lowest BCUT2D eigenvalue weighted by Gasteiger charge is -2.49. The summed E-state index contributed by atoms with van der Waals surface area (Å²) in [5, 5.41) is 78.7. The Morgan fingerprint density at radius 3 is 2.25 bits per heavy atom. The van der Waals surface area contributed by atoms with E-state index in [0.717, 1.165) is 55.6 Å². The van der Waals surface area contributed by atoms with E-state index in [4.69, 9.17) is 40.6 Å². The average molecular weight is 1100 g/mol. The topological polar surface area (TPSA) is 236 Å². The number of aliphatic hydroxyl groups is 5. The lowest BCUT2D eigenvalue weighted by molar-refractivity contribution is -0.318. The van der Waals surface area contributed by atoms with E-state index >= 15 is 0 Å². The van der Waals surface area contributed by atoms with Crippen LogP contribution in [0.4, 0.5) is 0 Å². The minimum atomic E-state index is -1.84. The third-order valence-corrected chi connectivity index (χ3v) is 17.3. The van der Waals surface area contributed by atoms with Gasteiger partial charge in [0.15, 0.2) is 12.6 Å². The second kappa shape index (κ2) is 26.9. The number of ether oxygens (including phenoxy) is 6. The third kappa shape index (κ3) is 15.3. The van der Waals surface area contributed by atoms with Crippen LogP contribution >= 0.6 is 12.2 Å². The van der Waals surface area contributed by atoms with E-state index in [1.165, 1.54) is 14.0 Å². The lowest BCUT2D eigenvalue weighted by Crippen LogP contribution is -2.60. The first-order valence-electron chi connectivity index (χ1n) is 27.9. The van der Waals surface area contributed by atoms with E-state index in [1.807, 2.05) is 85.7 Å². The van der Waals surface area contributed by atoms with E-state index in [9.17, 15) is 35.4 Å². The van der Waals surface area contributed by atoms with Crippen molar-refractivity contribution in [3.63, 3.8) is 0 Å². The number of cyclic esters (lactones) is 1. The lowest BCUT2D eigenvalue weighted by atomic mass is 9.77. The third-order valence-electron chi connectivity index (χ3n) is 16.9. The zero-order valence-electron chi connectivity index (χ0n) is 47.9. The Morgan fingerprint density at radius 1 is 0.909 bits per heavy atom. The molecule has 0 spiro atoms. The summed E-state index contributed by atoms with van der Waals surface area (Å²) in [5.74, 6) is -2.65. The fourth-order valence-corrected chi connectivity index (χ4v) is 12.2. The van der Waals surface area contributed by atoms with Gasteiger partial charge in [-0.05, 0) is 118 Å². The minimum Gasteiger partial charge on any atom is -0.505 e. The van der Waals surface area contributed by atoms with Crippen molar-refractivity contribution >= 4 is 18.2 Å². The van der Waals surface area contributed by atoms with Gasteiger partial charge in [-0.1, -0.05) is 75.3 Å². The second-order valence-corrected chi connectivity index (χ2v) is 23.9. The number of rotatable bonds is 17. The summed E-state index contributed by atoms with van der Waals surface area (Å²) in [5.41, 5.74) is -1.81. The summed E-state index contributed by atoms with van der Waals surface area (Å²) in [6.45, 7) is 20.1. The number of unbranched alkanes of at least 4 members (excludes halogenated alkanes) is 3. The summed E-state index contributed by atoms with van der Waals surface area (Å²) in [6.07, 6.45) is -1.23. The molecule has 6 N–H and O–H groups in total. The first-order valence-corrected chi connectivity index (χ1v) is 28.3. The summed E-state index contributed by atoms with van der Waals surface area (Å²) >= 11 is 5.31. The zero-order chi connectivity index (χ0) is 56.7. The molecule has 6 rings (SSSR count). The molecular weight excluding hydrogens is 1010 g/mol. The van der Waals surface area contributed by atoms with Crippen molar-refractivity contribution in [1.82, 2.24) is 29.4 Å². The summed E-state index contributed by atoms with van der Waals surface area (Å²) in [4.78, 5) is 18.5. The number of aryl methyl sites for hydroxylation is 2. The molecule has 434 valence electrons. The Balaban J connectivity index is 1.19. The second-order valence-electron chi connectivity index (χ2n) is 23.5. The predicted molar refractivity (Wildman–Crippen MR) is 293 cm³/mol. The highest BCUT2D eigenvalue weighted by atomic mass is 32.1. The number of esters is 1. The molecule has 3 fully saturated rings. The average Bonchev–Trinajstić information content (AvgIpc) is 3.86. The molecule has 0 amide bonds. The highest BCUT2D eigenvalue weighted by Gasteiger charge is 2.53. The van der Waals surface area contributed by atoms with Crippen LogP contribution in [0.25, 0.3) is 11.3 Å². The molecule has 0 radical (unpaired) electrons. The van der Waals surface area contributed by atoms with Gasteiger partial charge in [-0.2, -0.15) is 0 Å². The monoisotopic (exact) mass is 1100 g/mol. The van der Waals surface area contributed by atoms with Crippen LogP contribution < -0.4 is 0 Å².